The molecule has 3 aliphatic rings. The fourth-order valence-corrected chi connectivity index (χ4v) is 4.91. The first-order chi connectivity index (χ1) is 14.6. The van der Waals surface area contributed by atoms with Crippen LogP contribution in [0.3, 0.4) is 0 Å². The number of nitrogens with zero attached hydrogens (tertiary/aromatic N) is 1. The zero-order chi connectivity index (χ0) is 20.9. The van der Waals surface area contributed by atoms with Crippen molar-refractivity contribution in [2.45, 2.75) is 76.5 Å². The van der Waals surface area contributed by atoms with Crippen molar-refractivity contribution in [1.29, 1.82) is 0 Å². The number of carbonyl (C=O) groups is 3. The molecule has 7 heteroatoms. The topological polar surface area (TPSA) is 90.5 Å². The monoisotopic (exact) mass is 412 g/mol. The fraction of sp³-hybridized carbons (Fsp3) is 0.609. The molecule has 1 saturated heterocycles. The van der Waals surface area contributed by atoms with Crippen LogP contribution in [0.2, 0.25) is 0 Å². The standard InChI is InChI=1S/C23H32N4O3/c28-20-11-10-19(22(29)26-20)27-15-17-7-5-6-16(21(17)23(27)30)14-24-12-13-25-18-8-3-1-2-4-9-18/h5-7,18-19,24-25H,1-4,8-15H2,(H,26,28,29). The fourth-order valence-electron chi connectivity index (χ4n) is 4.91. The highest BCUT2D eigenvalue weighted by molar-refractivity contribution is 6.05. The van der Waals surface area contributed by atoms with E-state index in [2.05, 4.69) is 16.0 Å². The van der Waals surface area contributed by atoms with Crippen molar-refractivity contribution in [1.82, 2.24) is 20.9 Å². The summed E-state index contributed by atoms with van der Waals surface area (Å²) in [4.78, 5) is 38.4. The van der Waals surface area contributed by atoms with Gasteiger partial charge in [0, 0.05) is 44.2 Å². The van der Waals surface area contributed by atoms with Gasteiger partial charge < -0.3 is 15.5 Å². The minimum absolute atomic E-state index is 0.103. The predicted octanol–water partition coefficient (Wildman–Crippen LogP) is 1.85. The summed E-state index contributed by atoms with van der Waals surface area (Å²) in [5, 5.41) is 9.47. The number of hydrogen-bond donors (Lipinski definition) is 3. The summed E-state index contributed by atoms with van der Waals surface area (Å²) in [5.41, 5.74) is 2.65. The van der Waals surface area contributed by atoms with Crippen LogP contribution in [-0.4, -0.2) is 47.8 Å². The second kappa shape index (κ2) is 9.71. The van der Waals surface area contributed by atoms with Gasteiger partial charge in [-0.15, -0.1) is 0 Å². The van der Waals surface area contributed by atoms with E-state index in [4.69, 9.17) is 0 Å². The Morgan fingerprint density at radius 2 is 1.80 bits per heavy atom. The van der Waals surface area contributed by atoms with Gasteiger partial charge in [-0.25, -0.2) is 0 Å². The lowest BCUT2D eigenvalue weighted by Crippen LogP contribution is -2.52. The molecule has 0 spiro atoms. The highest BCUT2D eigenvalue weighted by Gasteiger charge is 2.39. The summed E-state index contributed by atoms with van der Waals surface area (Å²) in [6.45, 7) is 2.84. The van der Waals surface area contributed by atoms with E-state index < -0.39 is 6.04 Å². The normalized spacial score (nSPS) is 22.7. The van der Waals surface area contributed by atoms with Crippen molar-refractivity contribution in [2.24, 2.45) is 0 Å². The van der Waals surface area contributed by atoms with E-state index in [0.717, 1.165) is 24.2 Å². The second-order valence-electron chi connectivity index (χ2n) is 8.67. The Labute approximate surface area is 178 Å². The van der Waals surface area contributed by atoms with E-state index in [1.54, 1.807) is 4.90 Å². The van der Waals surface area contributed by atoms with E-state index in [1.165, 1.54) is 38.5 Å². The van der Waals surface area contributed by atoms with Gasteiger partial charge in [0.1, 0.15) is 6.04 Å². The summed E-state index contributed by atoms with van der Waals surface area (Å²) in [6, 6.07) is 5.99. The summed E-state index contributed by atoms with van der Waals surface area (Å²) >= 11 is 0. The molecule has 1 aromatic carbocycles. The van der Waals surface area contributed by atoms with Crippen molar-refractivity contribution in [3.05, 3.63) is 34.9 Å². The predicted molar refractivity (Wildman–Crippen MR) is 114 cm³/mol. The molecule has 0 aromatic heterocycles. The van der Waals surface area contributed by atoms with Crippen LogP contribution in [0.1, 0.15) is 72.9 Å². The Bertz CT molecular complexity index is 802. The molecule has 0 bridgehead atoms. The highest BCUT2D eigenvalue weighted by atomic mass is 16.2. The molecule has 1 aliphatic carbocycles. The number of fused-ring (bicyclic) bond motifs is 1. The van der Waals surface area contributed by atoms with Crippen molar-refractivity contribution < 1.29 is 14.4 Å². The van der Waals surface area contributed by atoms with Gasteiger partial charge in [0.25, 0.3) is 5.91 Å². The van der Waals surface area contributed by atoms with Gasteiger partial charge in [-0.2, -0.15) is 0 Å². The summed E-state index contributed by atoms with van der Waals surface area (Å²) in [6.07, 6.45) is 8.59. The maximum absolute atomic E-state index is 13.1. The summed E-state index contributed by atoms with van der Waals surface area (Å²) in [5.74, 6) is -0.729. The number of carbonyl (C=O) groups excluding carboxylic acids is 3. The van der Waals surface area contributed by atoms with Crippen LogP contribution in [0.5, 0.6) is 0 Å². The van der Waals surface area contributed by atoms with Gasteiger partial charge in [0.15, 0.2) is 0 Å². The molecule has 162 valence electrons. The maximum Gasteiger partial charge on any atom is 0.255 e. The number of piperidine rings is 1. The lowest BCUT2D eigenvalue weighted by molar-refractivity contribution is -0.136. The lowest BCUT2D eigenvalue weighted by Gasteiger charge is -2.29. The Morgan fingerprint density at radius 3 is 2.57 bits per heavy atom. The van der Waals surface area contributed by atoms with Crippen LogP contribution < -0.4 is 16.0 Å². The van der Waals surface area contributed by atoms with Gasteiger partial charge in [0.2, 0.25) is 11.8 Å². The molecule has 1 unspecified atom stereocenters. The lowest BCUT2D eigenvalue weighted by atomic mass is 10.0. The number of rotatable bonds is 7. The minimum Gasteiger partial charge on any atom is -0.322 e. The maximum atomic E-state index is 13.1. The molecule has 7 nitrogen and oxygen atoms in total. The third kappa shape index (κ3) is 4.73. The molecule has 2 aliphatic heterocycles. The Morgan fingerprint density at radius 1 is 1.00 bits per heavy atom. The van der Waals surface area contributed by atoms with E-state index >= 15 is 0 Å². The van der Waals surface area contributed by atoms with Crippen molar-refractivity contribution in [3.63, 3.8) is 0 Å². The SMILES string of the molecule is O=C1CCC(N2Cc3cccc(CNCCNC4CCCCCC4)c3C2=O)C(=O)N1. The Kier molecular flexibility index (Phi) is 6.79. The van der Waals surface area contributed by atoms with Crippen LogP contribution in [0.4, 0.5) is 0 Å². The molecular weight excluding hydrogens is 380 g/mol. The molecule has 3 amide bonds. The van der Waals surface area contributed by atoms with Gasteiger partial charge in [-0.1, -0.05) is 43.9 Å². The van der Waals surface area contributed by atoms with Crippen LogP contribution in [0.25, 0.3) is 0 Å². The molecule has 3 N–H and O–H groups in total. The van der Waals surface area contributed by atoms with Crippen molar-refractivity contribution in [3.8, 4) is 0 Å². The van der Waals surface area contributed by atoms with Crippen LogP contribution >= 0.6 is 0 Å². The zero-order valence-corrected chi connectivity index (χ0v) is 17.5. The zero-order valence-electron chi connectivity index (χ0n) is 17.5. The largest absolute Gasteiger partial charge is 0.322 e. The smallest absolute Gasteiger partial charge is 0.255 e. The Hall–Kier alpha value is -2.25. The van der Waals surface area contributed by atoms with Gasteiger partial charge in [-0.05, 0) is 30.4 Å². The van der Waals surface area contributed by atoms with Gasteiger partial charge >= 0.3 is 0 Å². The molecule has 2 heterocycles. The minimum atomic E-state index is -0.563. The molecule has 4 rings (SSSR count). The first kappa shape index (κ1) is 21.0. The first-order valence-corrected chi connectivity index (χ1v) is 11.3. The molecule has 0 radical (unpaired) electrons. The number of nitrogens with one attached hydrogen (secondary N) is 3. The average Bonchev–Trinajstić information content (AvgIpc) is 2.90. The average molecular weight is 413 g/mol. The number of benzene rings is 1. The summed E-state index contributed by atoms with van der Waals surface area (Å²) < 4.78 is 0. The number of imide groups is 1. The quantitative estimate of drug-likeness (QED) is 0.361. The van der Waals surface area contributed by atoms with Crippen molar-refractivity contribution in [2.75, 3.05) is 13.1 Å². The second-order valence-corrected chi connectivity index (χ2v) is 8.67. The van der Waals surface area contributed by atoms with E-state index in [-0.39, 0.29) is 24.1 Å². The molecule has 1 saturated carbocycles. The molecule has 1 atom stereocenters. The highest BCUT2D eigenvalue weighted by Crippen LogP contribution is 2.29. The third-order valence-corrected chi connectivity index (χ3v) is 6.54. The first-order valence-electron chi connectivity index (χ1n) is 11.3. The molecule has 1 aromatic rings. The number of amides is 3. The molecular formula is C23H32N4O3. The van der Waals surface area contributed by atoms with E-state index in [0.29, 0.717) is 31.1 Å². The molecule has 30 heavy (non-hydrogen) atoms. The Balaban J connectivity index is 1.31. The van der Waals surface area contributed by atoms with E-state index in [9.17, 15) is 14.4 Å². The van der Waals surface area contributed by atoms with Crippen LogP contribution in [-0.2, 0) is 22.7 Å². The van der Waals surface area contributed by atoms with Gasteiger partial charge in [0.05, 0.1) is 0 Å². The number of hydrogen-bond acceptors (Lipinski definition) is 5. The van der Waals surface area contributed by atoms with Crippen LogP contribution in [0, 0.1) is 0 Å². The van der Waals surface area contributed by atoms with E-state index in [1.807, 2.05) is 18.2 Å². The van der Waals surface area contributed by atoms with Crippen LogP contribution in [0.15, 0.2) is 18.2 Å². The van der Waals surface area contributed by atoms with Crippen molar-refractivity contribution >= 4 is 17.7 Å². The van der Waals surface area contributed by atoms with Gasteiger partial charge in [-0.3, -0.25) is 19.7 Å². The molecule has 2 fully saturated rings. The third-order valence-electron chi connectivity index (χ3n) is 6.54. The summed E-state index contributed by atoms with van der Waals surface area (Å²) in [7, 11) is 0.